The van der Waals surface area contributed by atoms with Crippen LogP contribution in [0.4, 0.5) is 17.1 Å². The summed E-state index contributed by atoms with van der Waals surface area (Å²) >= 11 is 3.73. The number of para-hydroxylation sites is 1. The van der Waals surface area contributed by atoms with Gasteiger partial charge in [-0.1, -0.05) is 121 Å². The zero-order chi connectivity index (χ0) is 34.2. The number of fused-ring (bicyclic) bond motifs is 9. The van der Waals surface area contributed by atoms with Crippen LogP contribution in [0.3, 0.4) is 0 Å². The van der Waals surface area contributed by atoms with Crippen LogP contribution in [0.5, 0.6) is 0 Å². The van der Waals surface area contributed by atoms with Gasteiger partial charge in [0, 0.05) is 51.4 Å². The first-order chi connectivity index (χ1) is 25.8. The van der Waals surface area contributed by atoms with Gasteiger partial charge in [0.15, 0.2) is 0 Å². The Morgan fingerprint density at radius 3 is 1.85 bits per heavy atom. The minimum absolute atomic E-state index is 0.872. The smallest absolute Gasteiger partial charge is 0.138 e. The Hall–Kier alpha value is -6.20. The Bertz CT molecular complexity index is 3130. The second kappa shape index (κ2) is 11.7. The highest BCUT2D eigenvalue weighted by Crippen LogP contribution is 2.52. The van der Waals surface area contributed by atoms with Gasteiger partial charge in [-0.25, -0.2) is 0 Å². The van der Waals surface area contributed by atoms with E-state index >= 15 is 0 Å². The van der Waals surface area contributed by atoms with E-state index in [1.54, 1.807) is 0 Å². The molecule has 0 aliphatic rings. The largest absolute Gasteiger partial charge is 0.456 e. The molecule has 0 aliphatic heterocycles. The molecule has 8 aromatic carbocycles. The normalized spacial score (nSPS) is 11.8. The number of thiophene rings is 2. The maximum absolute atomic E-state index is 6.69. The van der Waals surface area contributed by atoms with Gasteiger partial charge in [0.1, 0.15) is 11.2 Å². The zero-order valence-corrected chi connectivity index (χ0v) is 29.5. The molecule has 0 radical (unpaired) electrons. The number of hydrogen-bond donors (Lipinski definition) is 0. The molecule has 3 aromatic heterocycles. The highest BCUT2D eigenvalue weighted by Gasteiger charge is 2.25. The molecule has 0 atom stereocenters. The second-order valence-corrected chi connectivity index (χ2v) is 15.4. The molecule has 4 heteroatoms. The van der Waals surface area contributed by atoms with Gasteiger partial charge in [-0.05, 0) is 76.9 Å². The molecule has 0 spiro atoms. The van der Waals surface area contributed by atoms with Crippen molar-refractivity contribution in [3.8, 4) is 22.3 Å². The predicted octanol–water partition coefficient (Wildman–Crippen LogP) is 15.1. The fraction of sp³-hybridized carbons (Fsp3) is 0. The van der Waals surface area contributed by atoms with Gasteiger partial charge in [-0.3, -0.25) is 0 Å². The molecule has 3 heterocycles. The van der Waals surface area contributed by atoms with Crippen molar-refractivity contribution in [3.05, 3.63) is 176 Å². The lowest BCUT2D eigenvalue weighted by molar-refractivity contribution is 0.669. The maximum Gasteiger partial charge on any atom is 0.138 e. The van der Waals surface area contributed by atoms with Crippen LogP contribution in [0.25, 0.3) is 84.5 Å². The van der Waals surface area contributed by atoms with E-state index in [0.29, 0.717) is 0 Å². The van der Waals surface area contributed by atoms with Crippen LogP contribution in [0.15, 0.2) is 180 Å². The van der Waals surface area contributed by atoms with Crippen molar-refractivity contribution in [1.82, 2.24) is 0 Å². The predicted molar refractivity (Wildman–Crippen MR) is 225 cm³/mol. The summed E-state index contributed by atoms with van der Waals surface area (Å²) in [7, 11) is 0. The summed E-state index contributed by atoms with van der Waals surface area (Å²) < 4.78 is 11.8. The van der Waals surface area contributed by atoms with Crippen LogP contribution in [-0.4, -0.2) is 0 Å². The second-order valence-electron chi connectivity index (χ2n) is 13.2. The molecule has 0 amide bonds. The molecule has 2 nitrogen and oxygen atoms in total. The van der Waals surface area contributed by atoms with Gasteiger partial charge in [-0.2, -0.15) is 0 Å². The standard InChI is InChI=1S/C48H29NOS2/c1-3-13-30(14-4-1)32-27-40(46-36-18-7-10-20-41(36)50-42(46)28-32)49(33-23-26-45-38(29-33)35-17-8-11-21-43(35)51-45)39-25-24-34(31-15-5-2-6-16-31)48-47(39)37-19-9-12-22-44(37)52-48/h1-29H. The van der Waals surface area contributed by atoms with Gasteiger partial charge in [0.2, 0.25) is 0 Å². The molecule has 11 rings (SSSR count). The topological polar surface area (TPSA) is 16.4 Å². The summed E-state index contributed by atoms with van der Waals surface area (Å²) in [6.07, 6.45) is 0. The van der Waals surface area contributed by atoms with E-state index < -0.39 is 0 Å². The number of rotatable bonds is 5. The summed E-state index contributed by atoms with van der Waals surface area (Å²) in [5.74, 6) is 0. The molecule has 244 valence electrons. The van der Waals surface area contributed by atoms with E-state index in [-0.39, 0.29) is 0 Å². The number of nitrogens with zero attached hydrogens (tertiary/aromatic N) is 1. The first-order valence-corrected chi connectivity index (χ1v) is 19.1. The molecule has 0 saturated heterocycles. The number of benzene rings is 8. The Morgan fingerprint density at radius 1 is 0.385 bits per heavy atom. The summed E-state index contributed by atoms with van der Waals surface area (Å²) in [4.78, 5) is 2.50. The molecule has 0 fully saturated rings. The average Bonchev–Trinajstić information content (AvgIpc) is 3.90. The van der Waals surface area contributed by atoms with E-state index in [9.17, 15) is 0 Å². The first-order valence-electron chi connectivity index (χ1n) is 17.5. The Morgan fingerprint density at radius 2 is 1.04 bits per heavy atom. The van der Waals surface area contributed by atoms with Crippen LogP contribution in [-0.2, 0) is 0 Å². The average molecular weight is 700 g/mol. The lowest BCUT2D eigenvalue weighted by atomic mass is 9.98. The van der Waals surface area contributed by atoms with Crippen molar-refractivity contribution in [1.29, 1.82) is 0 Å². The third-order valence-corrected chi connectivity index (χ3v) is 12.6. The van der Waals surface area contributed by atoms with Crippen LogP contribution in [0.2, 0.25) is 0 Å². The van der Waals surface area contributed by atoms with Crippen molar-refractivity contribution in [2.24, 2.45) is 0 Å². The lowest BCUT2D eigenvalue weighted by Gasteiger charge is -2.28. The van der Waals surface area contributed by atoms with Crippen molar-refractivity contribution < 1.29 is 4.42 Å². The minimum atomic E-state index is 0.872. The van der Waals surface area contributed by atoms with Gasteiger partial charge in [0.25, 0.3) is 0 Å². The molecular formula is C48H29NOS2. The highest BCUT2D eigenvalue weighted by atomic mass is 32.1. The molecular weight excluding hydrogens is 671 g/mol. The summed E-state index contributed by atoms with van der Waals surface area (Å²) in [6.45, 7) is 0. The zero-order valence-electron chi connectivity index (χ0n) is 27.9. The van der Waals surface area contributed by atoms with E-state index in [1.807, 2.05) is 22.7 Å². The van der Waals surface area contributed by atoms with E-state index in [0.717, 1.165) is 50.1 Å². The van der Waals surface area contributed by atoms with E-state index in [2.05, 4.69) is 181 Å². The van der Waals surface area contributed by atoms with E-state index in [4.69, 9.17) is 4.42 Å². The maximum atomic E-state index is 6.69. The Labute approximate surface area is 308 Å². The fourth-order valence-electron chi connectivity index (χ4n) is 7.91. The van der Waals surface area contributed by atoms with Gasteiger partial charge in [0.05, 0.1) is 16.8 Å². The summed E-state index contributed by atoms with van der Waals surface area (Å²) in [5, 5.41) is 7.27. The van der Waals surface area contributed by atoms with E-state index in [1.165, 1.54) is 51.5 Å². The third-order valence-electron chi connectivity index (χ3n) is 10.3. The molecule has 52 heavy (non-hydrogen) atoms. The molecule has 0 aliphatic carbocycles. The van der Waals surface area contributed by atoms with Gasteiger partial charge >= 0.3 is 0 Å². The molecule has 0 saturated carbocycles. The fourth-order valence-corrected chi connectivity index (χ4v) is 10.3. The Balaban J connectivity index is 1.30. The van der Waals surface area contributed by atoms with Crippen LogP contribution in [0.1, 0.15) is 0 Å². The van der Waals surface area contributed by atoms with Crippen LogP contribution < -0.4 is 4.90 Å². The summed E-state index contributed by atoms with van der Waals surface area (Å²) in [6, 6.07) is 63.7. The highest BCUT2D eigenvalue weighted by molar-refractivity contribution is 7.26. The van der Waals surface area contributed by atoms with Crippen LogP contribution >= 0.6 is 22.7 Å². The molecule has 0 bridgehead atoms. The molecule has 0 unspecified atom stereocenters. The summed E-state index contributed by atoms with van der Waals surface area (Å²) in [5.41, 5.74) is 9.82. The lowest BCUT2D eigenvalue weighted by Crippen LogP contribution is -2.11. The Kier molecular flexibility index (Phi) is 6.63. The van der Waals surface area contributed by atoms with Crippen molar-refractivity contribution in [2.75, 3.05) is 4.90 Å². The molecule has 0 N–H and O–H groups in total. The first kappa shape index (κ1) is 29.5. The van der Waals surface area contributed by atoms with Gasteiger partial charge < -0.3 is 9.32 Å². The third kappa shape index (κ3) is 4.55. The van der Waals surface area contributed by atoms with Crippen molar-refractivity contribution >= 4 is 102 Å². The number of hydrogen-bond acceptors (Lipinski definition) is 4. The number of furan rings is 1. The molecule has 11 aromatic rings. The van der Waals surface area contributed by atoms with Crippen molar-refractivity contribution in [2.45, 2.75) is 0 Å². The monoisotopic (exact) mass is 699 g/mol. The quantitative estimate of drug-likeness (QED) is 0.178. The van der Waals surface area contributed by atoms with Gasteiger partial charge in [-0.15, -0.1) is 22.7 Å². The minimum Gasteiger partial charge on any atom is -0.456 e. The van der Waals surface area contributed by atoms with Crippen molar-refractivity contribution in [3.63, 3.8) is 0 Å². The SMILES string of the molecule is c1ccc(-c2cc(N(c3ccc4sc5ccccc5c4c3)c3ccc(-c4ccccc4)c4sc5ccccc5c34)c3c(c2)oc2ccccc23)cc1. The van der Waals surface area contributed by atoms with Crippen LogP contribution in [0, 0.1) is 0 Å². The number of anilines is 3.